The number of nitrogens with one attached hydrogen (secondary N) is 1. The van der Waals surface area contributed by atoms with Crippen LogP contribution in [0.25, 0.3) is 0 Å². The van der Waals surface area contributed by atoms with Crippen LogP contribution in [0.5, 0.6) is 0 Å². The number of hydrogen-bond acceptors (Lipinski definition) is 3. The molecule has 1 amide bonds. The summed E-state index contributed by atoms with van der Waals surface area (Å²) in [4.78, 5) is 13.5. The first-order chi connectivity index (χ1) is 17.2. The lowest BCUT2D eigenvalue weighted by Gasteiger charge is -2.27. The summed E-state index contributed by atoms with van der Waals surface area (Å²) in [5.74, 6) is -0.366. The molecule has 0 unspecified atom stereocenters. The van der Waals surface area contributed by atoms with Gasteiger partial charge in [-0.05, 0) is 92.5 Å². The zero-order chi connectivity index (χ0) is 25.9. The predicted molar refractivity (Wildman–Crippen MR) is 146 cm³/mol. The Kier molecular flexibility index (Phi) is 8.06. The summed E-state index contributed by atoms with van der Waals surface area (Å²) in [5, 5.41) is 3.48. The third-order valence-corrected chi connectivity index (χ3v) is 8.86. The molecule has 36 heavy (non-hydrogen) atoms. The molecule has 190 valence electrons. The van der Waals surface area contributed by atoms with Crippen LogP contribution in [-0.4, -0.2) is 20.9 Å². The lowest BCUT2D eigenvalue weighted by molar-refractivity contribution is -0.120. The average Bonchev–Trinajstić information content (AvgIpc) is 2.87. The number of carbonyl (C=O) groups excluding carboxylic acids is 1. The maximum Gasteiger partial charge on any atom is 0.264 e. The Balaban J connectivity index is 1.63. The van der Waals surface area contributed by atoms with E-state index in [0.717, 1.165) is 28.3 Å². The van der Waals surface area contributed by atoms with Gasteiger partial charge in [0.1, 0.15) is 6.54 Å². The van der Waals surface area contributed by atoms with Crippen molar-refractivity contribution in [1.29, 1.82) is 0 Å². The van der Waals surface area contributed by atoms with Crippen LogP contribution < -0.4 is 9.62 Å². The second-order valence-electron chi connectivity index (χ2n) is 9.52. The van der Waals surface area contributed by atoms with Crippen molar-refractivity contribution < 1.29 is 13.2 Å². The van der Waals surface area contributed by atoms with E-state index < -0.39 is 10.0 Å². The maximum atomic E-state index is 13.7. The second-order valence-corrected chi connectivity index (χ2v) is 11.8. The molecule has 0 spiro atoms. The highest BCUT2D eigenvalue weighted by Gasteiger charge is 2.29. The van der Waals surface area contributed by atoms with Gasteiger partial charge in [-0.2, -0.15) is 0 Å². The van der Waals surface area contributed by atoms with E-state index in [4.69, 9.17) is 11.6 Å². The molecule has 1 N–H and O–H groups in total. The predicted octanol–water partition coefficient (Wildman–Crippen LogP) is 6.30. The molecule has 0 radical (unpaired) electrons. The first-order valence-corrected chi connectivity index (χ1v) is 14.3. The van der Waals surface area contributed by atoms with Gasteiger partial charge in [0.05, 0.1) is 16.6 Å². The number of halogens is 1. The first kappa shape index (κ1) is 26.2. The third-order valence-electron chi connectivity index (χ3n) is 6.85. The Labute approximate surface area is 219 Å². The van der Waals surface area contributed by atoms with Crippen molar-refractivity contribution in [3.8, 4) is 0 Å². The number of anilines is 1. The normalized spacial score (nSPS) is 14.1. The van der Waals surface area contributed by atoms with Crippen LogP contribution in [0.15, 0.2) is 65.6 Å². The largest absolute Gasteiger partial charge is 0.348 e. The Hall–Kier alpha value is -2.83. The fourth-order valence-electron chi connectivity index (χ4n) is 4.75. The number of nitrogens with zero attached hydrogens (tertiary/aromatic N) is 1. The van der Waals surface area contributed by atoms with Gasteiger partial charge < -0.3 is 5.32 Å². The molecule has 0 saturated carbocycles. The van der Waals surface area contributed by atoms with Gasteiger partial charge in [0.25, 0.3) is 10.0 Å². The van der Waals surface area contributed by atoms with Crippen LogP contribution in [0.4, 0.5) is 5.69 Å². The zero-order valence-electron chi connectivity index (χ0n) is 21.1. The van der Waals surface area contributed by atoms with Gasteiger partial charge in [-0.15, -0.1) is 0 Å². The molecular weight excluding hydrogens is 492 g/mol. The summed E-state index contributed by atoms with van der Waals surface area (Å²) < 4.78 is 28.6. The summed E-state index contributed by atoms with van der Waals surface area (Å²) in [6.07, 6.45) is 5.26. The number of fused-ring (bicyclic) bond motifs is 1. The van der Waals surface area contributed by atoms with Crippen LogP contribution in [0.3, 0.4) is 0 Å². The Morgan fingerprint density at radius 3 is 2.36 bits per heavy atom. The van der Waals surface area contributed by atoms with Crippen molar-refractivity contribution in [2.75, 3.05) is 10.8 Å². The van der Waals surface area contributed by atoms with E-state index >= 15 is 0 Å². The second kappa shape index (κ2) is 11.1. The van der Waals surface area contributed by atoms with Gasteiger partial charge in [-0.1, -0.05) is 60.5 Å². The molecular formula is C29H33ClN2O3S. The minimum atomic E-state index is -4.01. The van der Waals surface area contributed by atoms with Crippen molar-refractivity contribution in [2.45, 2.75) is 63.8 Å². The molecule has 0 aromatic heterocycles. The molecule has 3 aromatic rings. The van der Waals surface area contributed by atoms with Crippen LogP contribution in [0.2, 0.25) is 5.02 Å². The van der Waals surface area contributed by atoms with E-state index in [-0.39, 0.29) is 23.4 Å². The molecule has 4 rings (SSSR count). The summed E-state index contributed by atoms with van der Waals surface area (Å²) >= 11 is 6.24. The van der Waals surface area contributed by atoms with Crippen molar-refractivity contribution in [3.05, 3.63) is 93.5 Å². The highest BCUT2D eigenvalue weighted by molar-refractivity contribution is 7.92. The molecule has 0 heterocycles. The molecule has 0 bridgehead atoms. The number of benzene rings is 3. The summed E-state index contributed by atoms with van der Waals surface area (Å²) in [6, 6.07) is 17.9. The number of carbonyl (C=O) groups is 1. The van der Waals surface area contributed by atoms with E-state index in [1.54, 1.807) is 42.5 Å². The number of sulfonamides is 1. The molecule has 1 aliphatic rings. The van der Waals surface area contributed by atoms with Gasteiger partial charge >= 0.3 is 0 Å². The molecule has 1 atom stereocenters. The molecule has 3 aromatic carbocycles. The van der Waals surface area contributed by atoms with Crippen LogP contribution in [-0.2, 0) is 27.7 Å². The molecule has 0 fully saturated rings. The average molecular weight is 525 g/mol. The summed E-state index contributed by atoms with van der Waals surface area (Å²) in [5.41, 5.74) is 5.85. The smallest absolute Gasteiger partial charge is 0.264 e. The SMILES string of the molecule is CC[C@@H](NC(=O)CN(c1cc(Cl)ccc1C)S(=O)(=O)c1ccc(C)cc1)c1ccc2c(c1)CCCC2. The minimum absolute atomic E-state index is 0.127. The summed E-state index contributed by atoms with van der Waals surface area (Å²) in [6.45, 7) is 5.38. The summed E-state index contributed by atoms with van der Waals surface area (Å²) in [7, 11) is -4.01. The highest BCUT2D eigenvalue weighted by atomic mass is 35.5. The lowest BCUT2D eigenvalue weighted by atomic mass is 9.89. The van der Waals surface area contributed by atoms with Gasteiger partial charge in [0, 0.05) is 5.02 Å². The zero-order valence-corrected chi connectivity index (χ0v) is 22.6. The Morgan fingerprint density at radius 1 is 0.972 bits per heavy atom. The third kappa shape index (κ3) is 5.76. The topological polar surface area (TPSA) is 66.5 Å². The number of rotatable bonds is 8. The van der Waals surface area contributed by atoms with Crippen molar-refractivity contribution in [3.63, 3.8) is 0 Å². The van der Waals surface area contributed by atoms with Crippen molar-refractivity contribution in [2.24, 2.45) is 0 Å². The Morgan fingerprint density at radius 2 is 1.67 bits per heavy atom. The highest BCUT2D eigenvalue weighted by Crippen LogP contribution is 2.30. The van der Waals surface area contributed by atoms with E-state index in [0.29, 0.717) is 22.7 Å². The van der Waals surface area contributed by atoms with E-state index in [2.05, 4.69) is 23.5 Å². The Bertz CT molecular complexity index is 1350. The molecule has 1 aliphatic carbocycles. The molecule has 0 saturated heterocycles. The number of amides is 1. The fraction of sp³-hybridized carbons (Fsp3) is 0.345. The van der Waals surface area contributed by atoms with Crippen LogP contribution >= 0.6 is 11.6 Å². The van der Waals surface area contributed by atoms with Gasteiger partial charge in [-0.3, -0.25) is 9.10 Å². The van der Waals surface area contributed by atoms with Crippen LogP contribution in [0, 0.1) is 13.8 Å². The standard InChI is InChI=1S/C29H33ClN2O3S/c1-4-27(24-13-12-22-7-5-6-8-23(22)17-24)31-29(33)19-32(28-18-25(30)14-11-21(28)3)36(34,35)26-15-9-20(2)10-16-26/h9-18,27H,4-8,19H2,1-3H3,(H,31,33)/t27-/m1/s1. The number of aryl methyl sites for hydroxylation is 4. The monoisotopic (exact) mass is 524 g/mol. The maximum absolute atomic E-state index is 13.7. The van der Waals surface area contributed by atoms with E-state index in [9.17, 15) is 13.2 Å². The lowest BCUT2D eigenvalue weighted by Crippen LogP contribution is -2.42. The fourth-order valence-corrected chi connectivity index (χ4v) is 6.39. The van der Waals surface area contributed by atoms with Gasteiger partial charge in [-0.25, -0.2) is 8.42 Å². The van der Waals surface area contributed by atoms with Crippen molar-refractivity contribution >= 4 is 33.2 Å². The molecule has 5 nitrogen and oxygen atoms in total. The van der Waals surface area contributed by atoms with Gasteiger partial charge in [0.15, 0.2) is 0 Å². The number of hydrogen-bond donors (Lipinski definition) is 1. The van der Waals surface area contributed by atoms with Gasteiger partial charge in [0.2, 0.25) is 5.91 Å². The van der Waals surface area contributed by atoms with E-state index in [1.807, 2.05) is 20.8 Å². The van der Waals surface area contributed by atoms with Crippen LogP contribution in [0.1, 0.15) is 60.0 Å². The minimum Gasteiger partial charge on any atom is -0.348 e. The van der Waals surface area contributed by atoms with E-state index in [1.165, 1.54) is 24.0 Å². The first-order valence-electron chi connectivity index (χ1n) is 12.5. The van der Waals surface area contributed by atoms with Crippen molar-refractivity contribution in [1.82, 2.24) is 5.32 Å². The quantitative estimate of drug-likeness (QED) is 0.376. The molecule has 0 aliphatic heterocycles. The molecule has 7 heteroatoms.